The standard InChI is InChI=1S/C14H21NO2/c1-15-12(16)9-14(13(15)17)7-6-10-4-2-3-5-11(10)8-14/h10-11H,2-9H2,1H3/t10-,11-,14-/m1/s1. The lowest BCUT2D eigenvalue weighted by atomic mass is 9.60. The minimum Gasteiger partial charge on any atom is -0.285 e. The Balaban J connectivity index is 1.81. The molecule has 0 aromatic carbocycles. The van der Waals surface area contributed by atoms with Crippen LogP contribution in [0.15, 0.2) is 0 Å². The third kappa shape index (κ3) is 1.62. The van der Waals surface area contributed by atoms with Gasteiger partial charge in [0.05, 0.1) is 5.41 Å². The van der Waals surface area contributed by atoms with E-state index in [1.807, 2.05) is 0 Å². The lowest BCUT2D eigenvalue weighted by molar-refractivity contribution is -0.141. The first kappa shape index (κ1) is 11.2. The molecule has 94 valence electrons. The van der Waals surface area contributed by atoms with Crippen molar-refractivity contribution in [1.82, 2.24) is 4.90 Å². The van der Waals surface area contributed by atoms with Crippen LogP contribution in [-0.4, -0.2) is 23.8 Å². The van der Waals surface area contributed by atoms with Gasteiger partial charge in [-0.1, -0.05) is 25.7 Å². The first-order chi connectivity index (χ1) is 8.12. The van der Waals surface area contributed by atoms with Crippen LogP contribution in [0.25, 0.3) is 0 Å². The van der Waals surface area contributed by atoms with Gasteiger partial charge in [0.25, 0.3) is 0 Å². The second-order valence-corrected chi connectivity index (χ2v) is 6.26. The van der Waals surface area contributed by atoms with Gasteiger partial charge in [0.1, 0.15) is 0 Å². The van der Waals surface area contributed by atoms with E-state index in [0.29, 0.717) is 12.3 Å². The summed E-state index contributed by atoms with van der Waals surface area (Å²) in [5, 5.41) is 0. The number of likely N-dealkylation sites (tertiary alicyclic amines) is 1. The van der Waals surface area contributed by atoms with E-state index >= 15 is 0 Å². The number of rotatable bonds is 0. The molecule has 0 radical (unpaired) electrons. The van der Waals surface area contributed by atoms with Gasteiger partial charge in [-0.05, 0) is 31.1 Å². The van der Waals surface area contributed by atoms with Crippen LogP contribution in [0.5, 0.6) is 0 Å². The van der Waals surface area contributed by atoms with Crippen molar-refractivity contribution in [3.63, 3.8) is 0 Å². The van der Waals surface area contributed by atoms with Crippen molar-refractivity contribution in [3.8, 4) is 0 Å². The average molecular weight is 235 g/mol. The van der Waals surface area contributed by atoms with E-state index in [4.69, 9.17) is 0 Å². The van der Waals surface area contributed by atoms with Crippen LogP contribution in [0.2, 0.25) is 0 Å². The topological polar surface area (TPSA) is 37.4 Å². The number of hydrogen-bond donors (Lipinski definition) is 0. The van der Waals surface area contributed by atoms with Gasteiger partial charge in [-0.15, -0.1) is 0 Å². The molecule has 1 aliphatic heterocycles. The summed E-state index contributed by atoms with van der Waals surface area (Å²) in [7, 11) is 1.65. The summed E-state index contributed by atoms with van der Waals surface area (Å²) in [6.45, 7) is 0. The number of imide groups is 1. The molecule has 2 amide bonds. The van der Waals surface area contributed by atoms with Crippen molar-refractivity contribution >= 4 is 11.8 Å². The molecule has 3 nitrogen and oxygen atoms in total. The number of nitrogens with zero attached hydrogens (tertiary/aromatic N) is 1. The molecule has 3 fully saturated rings. The molecule has 1 heterocycles. The van der Waals surface area contributed by atoms with Gasteiger partial charge in [0.15, 0.2) is 0 Å². The Kier molecular flexibility index (Phi) is 2.53. The van der Waals surface area contributed by atoms with E-state index in [0.717, 1.165) is 25.2 Å². The summed E-state index contributed by atoms with van der Waals surface area (Å²) >= 11 is 0. The molecule has 0 aromatic heterocycles. The van der Waals surface area contributed by atoms with Gasteiger partial charge in [-0.2, -0.15) is 0 Å². The number of hydrogen-bond acceptors (Lipinski definition) is 2. The maximum Gasteiger partial charge on any atom is 0.235 e. The van der Waals surface area contributed by atoms with Crippen LogP contribution in [0, 0.1) is 17.3 Å². The Bertz CT molecular complexity index is 365. The molecule has 0 N–H and O–H groups in total. The van der Waals surface area contributed by atoms with Crippen LogP contribution >= 0.6 is 0 Å². The molecule has 1 spiro atoms. The van der Waals surface area contributed by atoms with Crippen LogP contribution in [0.4, 0.5) is 0 Å². The second kappa shape index (κ2) is 3.82. The fourth-order valence-corrected chi connectivity index (χ4v) is 4.31. The highest BCUT2D eigenvalue weighted by atomic mass is 16.2. The van der Waals surface area contributed by atoms with E-state index in [9.17, 15) is 9.59 Å². The SMILES string of the molecule is CN1C(=O)C[C@]2(CC[C@H]3CCCC[C@@H]3C2)C1=O. The van der Waals surface area contributed by atoms with E-state index in [1.54, 1.807) is 7.05 Å². The van der Waals surface area contributed by atoms with Crippen molar-refractivity contribution in [2.24, 2.45) is 17.3 Å². The summed E-state index contributed by atoms with van der Waals surface area (Å²) in [5.41, 5.74) is -0.301. The van der Waals surface area contributed by atoms with Gasteiger partial charge in [-0.25, -0.2) is 0 Å². The Hall–Kier alpha value is -0.860. The van der Waals surface area contributed by atoms with Crippen molar-refractivity contribution in [1.29, 1.82) is 0 Å². The quantitative estimate of drug-likeness (QED) is 0.604. The van der Waals surface area contributed by atoms with Crippen LogP contribution < -0.4 is 0 Å². The number of carbonyl (C=O) groups is 2. The van der Waals surface area contributed by atoms with E-state index in [2.05, 4.69) is 0 Å². The van der Waals surface area contributed by atoms with Crippen molar-refractivity contribution in [3.05, 3.63) is 0 Å². The molecule has 3 heteroatoms. The fourth-order valence-electron chi connectivity index (χ4n) is 4.31. The second-order valence-electron chi connectivity index (χ2n) is 6.26. The van der Waals surface area contributed by atoms with Gasteiger partial charge in [-0.3, -0.25) is 14.5 Å². The highest BCUT2D eigenvalue weighted by molar-refractivity contribution is 6.05. The van der Waals surface area contributed by atoms with Crippen LogP contribution in [-0.2, 0) is 9.59 Å². The maximum atomic E-state index is 12.3. The number of carbonyl (C=O) groups excluding carboxylic acids is 2. The number of fused-ring (bicyclic) bond motifs is 1. The van der Waals surface area contributed by atoms with Crippen LogP contribution in [0.1, 0.15) is 51.4 Å². The van der Waals surface area contributed by atoms with Gasteiger partial charge in [0.2, 0.25) is 11.8 Å². The van der Waals surface area contributed by atoms with Crippen molar-refractivity contribution < 1.29 is 9.59 Å². The summed E-state index contributed by atoms with van der Waals surface area (Å²) in [6, 6.07) is 0. The summed E-state index contributed by atoms with van der Waals surface area (Å²) in [5.74, 6) is 1.68. The molecule has 3 aliphatic rings. The zero-order chi connectivity index (χ0) is 12.0. The third-order valence-electron chi connectivity index (χ3n) is 5.34. The van der Waals surface area contributed by atoms with Gasteiger partial charge in [0, 0.05) is 13.5 Å². The molecule has 3 rings (SSSR count). The third-order valence-corrected chi connectivity index (χ3v) is 5.34. The molecule has 0 aromatic rings. The normalized spacial score (nSPS) is 42.1. The summed E-state index contributed by atoms with van der Waals surface area (Å²) in [6.07, 6.45) is 8.87. The fraction of sp³-hybridized carbons (Fsp3) is 0.857. The Morgan fingerprint density at radius 1 is 1.12 bits per heavy atom. The van der Waals surface area contributed by atoms with E-state index in [1.165, 1.54) is 30.6 Å². The molecule has 0 unspecified atom stereocenters. The molecule has 17 heavy (non-hydrogen) atoms. The minimum atomic E-state index is -0.301. The highest BCUT2D eigenvalue weighted by Crippen LogP contribution is 2.52. The first-order valence-corrected chi connectivity index (χ1v) is 6.93. The lowest BCUT2D eigenvalue weighted by Crippen LogP contribution is -2.40. The first-order valence-electron chi connectivity index (χ1n) is 6.93. The largest absolute Gasteiger partial charge is 0.285 e. The van der Waals surface area contributed by atoms with E-state index in [-0.39, 0.29) is 17.2 Å². The smallest absolute Gasteiger partial charge is 0.235 e. The van der Waals surface area contributed by atoms with Crippen molar-refractivity contribution in [2.45, 2.75) is 51.4 Å². The van der Waals surface area contributed by atoms with Crippen molar-refractivity contribution in [2.75, 3.05) is 7.05 Å². The Morgan fingerprint density at radius 3 is 2.47 bits per heavy atom. The zero-order valence-corrected chi connectivity index (χ0v) is 10.6. The predicted molar refractivity (Wildman–Crippen MR) is 64.1 cm³/mol. The zero-order valence-electron chi connectivity index (χ0n) is 10.6. The van der Waals surface area contributed by atoms with E-state index < -0.39 is 0 Å². The molecule has 3 atom stereocenters. The maximum absolute atomic E-state index is 12.3. The molecular weight excluding hydrogens is 214 g/mol. The lowest BCUT2D eigenvalue weighted by Gasteiger charge is -2.43. The molecule has 2 saturated carbocycles. The highest BCUT2D eigenvalue weighted by Gasteiger charge is 2.53. The van der Waals surface area contributed by atoms with Gasteiger partial charge >= 0.3 is 0 Å². The molecule has 2 aliphatic carbocycles. The Labute approximate surface area is 103 Å². The van der Waals surface area contributed by atoms with Gasteiger partial charge < -0.3 is 0 Å². The molecule has 1 saturated heterocycles. The average Bonchev–Trinajstić information content (AvgIpc) is 2.54. The van der Waals surface area contributed by atoms with Crippen LogP contribution in [0.3, 0.4) is 0 Å². The minimum absolute atomic E-state index is 0.0317. The Morgan fingerprint density at radius 2 is 1.82 bits per heavy atom. The summed E-state index contributed by atoms with van der Waals surface area (Å²) in [4.78, 5) is 25.4. The molecule has 0 bridgehead atoms. The summed E-state index contributed by atoms with van der Waals surface area (Å²) < 4.78 is 0. The molecular formula is C14H21NO2. The monoisotopic (exact) mass is 235 g/mol. The predicted octanol–water partition coefficient (Wildman–Crippen LogP) is 2.35. The number of amides is 2.